The number of aryl methyl sites for hydroxylation is 1. The van der Waals surface area contributed by atoms with Crippen LogP contribution in [0.15, 0.2) is 18.2 Å². The molecule has 0 aliphatic carbocycles. The van der Waals surface area contributed by atoms with Crippen molar-refractivity contribution in [3.8, 4) is 0 Å². The Bertz CT molecular complexity index is 280. The molecule has 0 aliphatic heterocycles. The molecule has 0 unspecified atom stereocenters. The summed E-state index contributed by atoms with van der Waals surface area (Å²) < 4.78 is 13.0. The lowest BCUT2D eigenvalue weighted by Crippen LogP contribution is -2.16. The van der Waals surface area contributed by atoms with E-state index in [0.717, 1.165) is 5.56 Å². The topological polar surface area (TPSA) is 46.2 Å². The van der Waals surface area contributed by atoms with Gasteiger partial charge in [0.1, 0.15) is 5.82 Å². The van der Waals surface area contributed by atoms with Gasteiger partial charge >= 0.3 is 0 Å². The van der Waals surface area contributed by atoms with Crippen LogP contribution in [0.4, 0.5) is 4.39 Å². The number of aliphatic hydroxyl groups excluding tert-OH is 1. The first-order valence-corrected chi connectivity index (χ1v) is 3.77. The van der Waals surface area contributed by atoms with E-state index in [9.17, 15) is 4.39 Å². The van der Waals surface area contributed by atoms with Crippen molar-refractivity contribution in [1.82, 2.24) is 0 Å². The van der Waals surface area contributed by atoms with Crippen LogP contribution in [-0.4, -0.2) is 11.7 Å². The molecule has 0 saturated carbocycles. The van der Waals surface area contributed by atoms with Gasteiger partial charge in [-0.15, -0.1) is 12.4 Å². The number of nitrogens with two attached hydrogens (primary N) is 1. The Labute approximate surface area is 83.0 Å². The van der Waals surface area contributed by atoms with Gasteiger partial charge in [-0.3, -0.25) is 0 Å². The SMILES string of the molecule is Cc1ccc(F)c([C@@H](N)CO)c1.Cl. The van der Waals surface area contributed by atoms with Gasteiger partial charge in [0.15, 0.2) is 0 Å². The summed E-state index contributed by atoms with van der Waals surface area (Å²) in [6.45, 7) is 1.62. The second-order valence-electron chi connectivity index (χ2n) is 2.81. The van der Waals surface area contributed by atoms with Crippen molar-refractivity contribution in [2.45, 2.75) is 13.0 Å². The minimum atomic E-state index is -0.620. The molecule has 1 aromatic rings. The lowest BCUT2D eigenvalue weighted by Gasteiger charge is -2.09. The van der Waals surface area contributed by atoms with Gasteiger partial charge in [-0.1, -0.05) is 17.7 Å². The quantitative estimate of drug-likeness (QED) is 0.770. The zero-order valence-corrected chi connectivity index (χ0v) is 8.14. The van der Waals surface area contributed by atoms with Crippen molar-refractivity contribution < 1.29 is 9.50 Å². The van der Waals surface area contributed by atoms with Crippen LogP contribution in [0.2, 0.25) is 0 Å². The molecule has 2 nitrogen and oxygen atoms in total. The smallest absolute Gasteiger partial charge is 0.128 e. The van der Waals surface area contributed by atoms with Crippen molar-refractivity contribution in [2.75, 3.05) is 6.61 Å². The van der Waals surface area contributed by atoms with E-state index in [1.54, 1.807) is 12.1 Å². The molecule has 0 aromatic heterocycles. The van der Waals surface area contributed by atoms with E-state index in [-0.39, 0.29) is 24.8 Å². The third-order valence-corrected chi connectivity index (χ3v) is 1.75. The zero-order chi connectivity index (χ0) is 9.14. The molecule has 4 heteroatoms. The molecule has 0 fully saturated rings. The lowest BCUT2D eigenvalue weighted by molar-refractivity contribution is 0.265. The van der Waals surface area contributed by atoms with Gasteiger partial charge in [-0.2, -0.15) is 0 Å². The van der Waals surface area contributed by atoms with Crippen LogP contribution in [0.25, 0.3) is 0 Å². The van der Waals surface area contributed by atoms with Crippen molar-refractivity contribution in [3.05, 3.63) is 35.1 Å². The Morgan fingerprint density at radius 1 is 1.54 bits per heavy atom. The second kappa shape index (κ2) is 5.17. The summed E-state index contributed by atoms with van der Waals surface area (Å²) in [5, 5.41) is 8.71. The van der Waals surface area contributed by atoms with E-state index < -0.39 is 6.04 Å². The molecule has 1 aromatic carbocycles. The second-order valence-corrected chi connectivity index (χ2v) is 2.81. The predicted molar refractivity (Wildman–Crippen MR) is 52.4 cm³/mol. The molecule has 0 heterocycles. The van der Waals surface area contributed by atoms with Crippen molar-refractivity contribution in [2.24, 2.45) is 5.73 Å². The van der Waals surface area contributed by atoms with Crippen LogP contribution >= 0.6 is 12.4 Å². The number of rotatable bonds is 2. The molecule has 0 aliphatic rings. The zero-order valence-electron chi connectivity index (χ0n) is 7.33. The summed E-state index contributed by atoms with van der Waals surface area (Å²) >= 11 is 0. The summed E-state index contributed by atoms with van der Waals surface area (Å²) in [4.78, 5) is 0. The number of hydrogen-bond acceptors (Lipinski definition) is 2. The Hall–Kier alpha value is -0.640. The maximum atomic E-state index is 13.0. The predicted octanol–water partition coefficient (Wildman–Crippen LogP) is 1.55. The average molecular weight is 206 g/mol. The van der Waals surface area contributed by atoms with Gasteiger partial charge in [0, 0.05) is 5.56 Å². The van der Waals surface area contributed by atoms with Crippen LogP contribution in [0.3, 0.4) is 0 Å². The van der Waals surface area contributed by atoms with Crippen molar-refractivity contribution in [3.63, 3.8) is 0 Å². The molecule has 3 N–H and O–H groups in total. The van der Waals surface area contributed by atoms with Crippen LogP contribution in [0, 0.1) is 12.7 Å². The fourth-order valence-corrected chi connectivity index (χ4v) is 1.05. The van der Waals surface area contributed by atoms with Gasteiger partial charge < -0.3 is 10.8 Å². The number of aliphatic hydroxyl groups is 1. The first-order chi connectivity index (χ1) is 5.65. The lowest BCUT2D eigenvalue weighted by atomic mass is 10.1. The summed E-state index contributed by atoms with van der Waals surface area (Å²) in [5.74, 6) is -0.359. The van der Waals surface area contributed by atoms with Gasteiger partial charge in [-0.25, -0.2) is 4.39 Å². The summed E-state index contributed by atoms with van der Waals surface area (Å²) in [5.41, 5.74) is 6.79. The molecule has 1 rings (SSSR count). The van der Waals surface area contributed by atoms with Gasteiger partial charge in [0.25, 0.3) is 0 Å². The maximum absolute atomic E-state index is 13.0. The largest absolute Gasteiger partial charge is 0.394 e. The standard InChI is InChI=1S/C9H12FNO.ClH/c1-6-2-3-8(10)7(4-6)9(11)5-12;/h2-4,9,12H,5,11H2,1H3;1H/t9-;/m0./s1. The molecule has 0 saturated heterocycles. The fraction of sp³-hybridized carbons (Fsp3) is 0.333. The fourth-order valence-electron chi connectivity index (χ4n) is 1.05. The van der Waals surface area contributed by atoms with Crippen LogP contribution in [-0.2, 0) is 0 Å². The van der Waals surface area contributed by atoms with Gasteiger partial charge in [-0.05, 0) is 13.0 Å². The Morgan fingerprint density at radius 2 is 2.15 bits per heavy atom. The molecule has 1 atom stereocenters. The minimum absolute atomic E-state index is 0. The molecule has 13 heavy (non-hydrogen) atoms. The minimum Gasteiger partial charge on any atom is -0.394 e. The van der Waals surface area contributed by atoms with E-state index in [0.29, 0.717) is 5.56 Å². The summed E-state index contributed by atoms with van der Waals surface area (Å²) in [6.07, 6.45) is 0. The third kappa shape index (κ3) is 2.95. The highest BCUT2D eigenvalue weighted by atomic mass is 35.5. The molecule has 74 valence electrons. The Morgan fingerprint density at radius 3 is 2.69 bits per heavy atom. The Kier molecular flexibility index (Phi) is 4.91. The van der Waals surface area contributed by atoms with Crippen molar-refractivity contribution >= 4 is 12.4 Å². The highest BCUT2D eigenvalue weighted by molar-refractivity contribution is 5.85. The monoisotopic (exact) mass is 205 g/mol. The summed E-state index contributed by atoms with van der Waals surface area (Å²) in [6, 6.07) is 4.06. The van der Waals surface area contributed by atoms with E-state index in [1.807, 2.05) is 6.92 Å². The highest BCUT2D eigenvalue weighted by Gasteiger charge is 2.09. The normalized spacial score (nSPS) is 12.0. The molecular formula is C9H13ClFNO. The first-order valence-electron chi connectivity index (χ1n) is 3.77. The molecule has 0 spiro atoms. The number of hydrogen-bond donors (Lipinski definition) is 2. The van der Waals surface area contributed by atoms with Crippen LogP contribution in [0.1, 0.15) is 17.2 Å². The van der Waals surface area contributed by atoms with Crippen LogP contribution in [0.5, 0.6) is 0 Å². The van der Waals surface area contributed by atoms with Crippen molar-refractivity contribution in [1.29, 1.82) is 0 Å². The molecule has 0 amide bonds. The highest BCUT2D eigenvalue weighted by Crippen LogP contribution is 2.15. The van der Waals surface area contributed by atoms with E-state index in [1.165, 1.54) is 6.07 Å². The molecule has 0 radical (unpaired) electrons. The average Bonchev–Trinajstić information content (AvgIpc) is 2.08. The van der Waals surface area contributed by atoms with Gasteiger partial charge in [0.05, 0.1) is 12.6 Å². The maximum Gasteiger partial charge on any atom is 0.128 e. The molecular weight excluding hydrogens is 193 g/mol. The molecule has 0 bridgehead atoms. The summed E-state index contributed by atoms with van der Waals surface area (Å²) in [7, 11) is 0. The van der Waals surface area contributed by atoms with Crippen LogP contribution < -0.4 is 5.73 Å². The Balaban J connectivity index is 0.00000144. The van der Waals surface area contributed by atoms with E-state index in [4.69, 9.17) is 10.8 Å². The number of halogens is 2. The van der Waals surface area contributed by atoms with E-state index >= 15 is 0 Å². The van der Waals surface area contributed by atoms with E-state index in [2.05, 4.69) is 0 Å². The number of benzene rings is 1. The third-order valence-electron chi connectivity index (χ3n) is 1.75. The van der Waals surface area contributed by atoms with Gasteiger partial charge in [0.2, 0.25) is 0 Å². The first kappa shape index (κ1) is 12.4.